The lowest BCUT2D eigenvalue weighted by Crippen LogP contribution is -2.82. The van der Waals surface area contributed by atoms with E-state index >= 15 is 0 Å². The fourth-order valence-corrected chi connectivity index (χ4v) is 13.2. The molecule has 278 valence electrons. The van der Waals surface area contributed by atoms with E-state index in [1.165, 1.54) is 6.92 Å². The number of methoxy groups -OCH3 is 3. The minimum Gasteiger partial charge on any atom is -0.462 e. The number of piperidine rings is 1. The highest BCUT2D eigenvalue weighted by Crippen LogP contribution is 2.80. The fraction of sp³-hybridized carbons (Fsp3) is 0.737. The van der Waals surface area contributed by atoms with Gasteiger partial charge in [-0.1, -0.05) is 26.0 Å². The lowest BCUT2D eigenvalue weighted by molar-refractivity contribution is -0.319. The van der Waals surface area contributed by atoms with E-state index in [4.69, 9.17) is 23.7 Å². The van der Waals surface area contributed by atoms with Crippen molar-refractivity contribution in [1.29, 1.82) is 0 Å². The number of rotatable bonds is 9. The number of hydrogen-bond donors (Lipinski definition) is 2. The normalized spacial score (nSPS) is 46.4. The number of imide groups is 1. The highest BCUT2D eigenvalue weighted by molar-refractivity contribution is 6.22. The smallest absolute Gasteiger partial charge is 0.340 e. The molecule has 8 rings (SSSR count). The molecule has 7 aliphatic rings. The van der Waals surface area contributed by atoms with Crippen LogP contribution in [0.4, 0.5) is 5.69 Å². The monoisotopic (exact) mass is 710 g/mol. The quantitative estimate of drug-likeness (QED) is 0.284. The van der Waals surface area contributed by atoms with Gasteiger partial charge in [-0.15, -0.1) is 0 Å². The molecule has 2 saturated heterocycles. The van der Waals surface area contributed by atoms with E-state index < -0.39 is 70.2 Å². The largest absolute Gasteiger partial charge is 0.462 e. The molecule has 5 aliphatic carbocycles. The Hall–Kier alpha value is -2.94. The molecule has 1 aromatic rings. The Morgan fingerprint density at radius 2 is 1.80 bits per heavy atom. The number of ether oxygens (including phenoxy) is 5. The van der Waals surface area contributed by atoms with Gasteiger partial charge in [0.2, 0.25) is 11.8 Å². The zero-order valence-electron chi connectivity index (χ0n) is 30.2. The second kappa shape index (κ2) is 11.8. The minimum absolute atomic E-state index is 0.0104. The molecule has 14 atom stereocenters. The van der Waals surface area contributed by atoms with Crippen LogP contribution in [0.15, 0.2) is 24.3 Å². The SMILES string of the molecule is CCN1C[C@]2(COC(=O)c3ccccc3N3C(=O)C[C@H](C)C3=O)CC[C@H](OC)[C@]34C1[C@](O)([C@@H](OC)[C@H]23)[C@@]1(O)C[C@H](OC(C)=O)[C@H]2C[C@@H]4[C@@H]1[C@H]2OC. The number of amides is 2. The Bertz CT molecular complexity index is 1650. The van der Waals surface area contributed by atoms with E-state index in [0.717, 1.165) is 4.90 Å². The lowest BCUT2D eigenvalue weighted by atomic mass is 9.42. The third-order valence-corrected chi connectivity index (χ3v) is 14.5. The molecule has 2 aliphatic heterocycles. The summed E-state index contributed by atoms with van der Waals surface area (Å²) in [6.07, 6.45) is -0.365. The van der Waals surface area contributed by atoms with Crippen molar-refractivity contribution < 1.29 is 53.1 Å². The summed E-state index contributed by atoms with van der Waals surface area (Å²) >= 11 is 0. The predicted octanol–water partition coefficient (Wildman–Crippen LogP) is 1.95. The number of aliphatic hydroxyl groups is 2. The maximum Gasteiger partial charge on any atom is 0.340 e. The van der Waals surface area contributed by atoms with Crippen LogP contribution >= 0.6 is 0 Å². The molecule has 13 nitrogen and oxygen atoms in total. The molecule has 1 spiro atoms. The maximum atomic E-state index is 14.1. The topological polar surface area (TPSA) is 161 Å². The number of carbonyl (C=O) groups excluding carboxylic acids is 4. The Morgan fingerprint density at radius 1 is 1.06 bits per heavy atom. The molecule has 13 heteroatoms. The summed E-state index contributed by atoms with van der Waals surface area (Å²) in [6, 6.07) is 5.96. The van der Waals surface area contributed by atoms with E-state index in [2.05, 4.69) is 4.90 Å². The van der Waals surface area contributed by atoms with Gasteiger partial charge < -0.3 is 33.9 Å². The Balaban J connectivity index is 1.23. The first-order valence-corrected chi connectivity index (χ1v) is 18.4. The number of para-hydroxylation sites is 1. The van der Waals surface area contributed by atoms with Crippen LogP contribution in [0.5, 0.6) is 0 Å². The van der Waals surface area contributed by atoms with Gasteiger partial charge in [0.1, 0.15) is 17.3 Å². The highest BCUT2D eigenvalue weighted by atomic mass is 16.6. The van der Waals surface area contributed by atoms with Crippen molar-refractivity contribution in [2.24, 2.45) is 40.4 Å². The molecule has 1 unspecified atom stereocenters. The summed E-state index contributed by atoms with van der Waals surface area (Å²) in [6.45, 7) is 6.10. The van der Waals surface area contributed by atoms with Crippen molar-refractivity contribution in [3.63, 3.8) is 0 Å². The zero-order chi connectivity index (χ0) is 36.4. The van der Waals surface area contributed by atoms with E-state index in [0.29, 0.717) is 32.4 Å². The van der Waals surface area contributed by atoms with Gasteiger partial charge in [0.15, 0.2) is 0 Å². The number of nitrogens with zero attached hydrogens (tertiary/aromatic N) is 2. The average molecular weight is 711 g/mol. The molecule has 51 heavy (non-hydrogen) atoms. The van der Waals surface area contributed by atoms with Crippen LogP contribution in [0.3, 0.4) is 0 Å². The summed E-state index contributed by atoms with van der Waals surface area (Å²) in [7, 11) is 4.88. The van der Waals surface area contributed by atoms with Crippen molar-refractivity contribution in [3.05, 3.63) is 29.8 Å². The van der Waals surface area contributed by atoms with Gasteiger partial charge in [-0.25, -0.2) is 9.69 Å². The van der Waals surface area contributed by atoms with E-state index in [1.54, 1.807) is 52.5 Å². The average Bonchev–Trinajstić information content (AvgIpc) is 3.64. The second-order valence-electron chi connectivity index (χ2n) is 16.3. The summed E-state index contributed by atoms with van der Waals surface area (Å²) in [4.78, 5) is 55.6. The highest BCUT2D eigenvalue weighted by Gasteiger charge is 2.91. The van der Waals surface area contributed by atoms with Gasteiger partial charge in [-0.3, -0.25) is 19.3 Å². The van der Waals surface area contributed by atoms with Crippen LogP contribution in [-0.2, 0) is 38.1 Å². The molecule has 7 bridgehead atoms. The predicted molar refractivity (Wildman–Crippen MR) is 179 cm³/mol. The Labute approximate surface area is 297 Å². The number of fused-ring (bicyclic) bond motifs is 2. The molecule has 0 radical (unpaired) electrons. The fourth-order valence-electron chi connectivity index (χ4n) is 13.2. The van der Waals surface area contributed by atoms with Crippen LogP contribution < -0.4 is 4.90 Å². The number of carbonyl (C=O) groups is 4. The van der Waals surface area contributed by atoms with Crippen LogP contribution in [-0.4, -0.2) is 122 Å². The van der Waals surface area contributed by atoms with Gasteiger partial charge in [0.25, 0.3) is 0 Å². The van der Waals surface area contributed by atoms with E-state index in [-0.39, 0.29) is 66.4 Å². The maximum absolute atomic E-state index is 14.1. The van der Waals surface area contributed by atoms with Crippen molar-refractivity contribution in [1.82, 2.24) is 4.90 Å². The molecular formula is C38H50N2O11. The van der Waals surface area contributed by atoms with Crippen LogP contribution in [0.1, 0.15) is 63.2 Å². The molecule has 5 saturated carbocycles. The van der Waals surface area contributed by atoms with Crippen molar-refractivity contribution in [3.8, 4) is 0 Å². The number of anilines is 1. The molecule has 1 aromatic carbocycles. The zero-order valence-corrected chi connectivity index (χ0v) is 30.2. The third-order valence-electron chi connectivity index (χ3n) is 14.5. The lowest BCUT2D eigenvalue weighted by Gasteiger charge is -2.70. The van der Waals surface area contributed by atoms with Crippen molar-refractivity contribution in [2.45, 2.75) is 94.5 Å². The van der Waals surface area contributed by atoms with Gasteiger partial charge in [-0.05, 0) is 43.9 Å². The minimum atomic E-state index is -1.82. The Morgan fingerprint density at radius 3 is 2.43 bits per heavy atom. The molecular weight excluding hydrogens is 660 g/mol. The van der Waals surface area contributed by atoms with Gasteiger partial charge in [-0.2, -0.15) is 0 Å². The number of likely N-dealkylation sites (N-methyl/N-ethyl adjacent to an activating group) is 1. The molecule has 2 heterocycles. The first-order chi connectivity index (χ1) is 24.3. The summed E-state index contributed by atoms with van der Waals surface area (Å²) in [5.74, 6) is -3.55. The number of likely N-dealkylation sites (tertiary alicyclic amines) is 1. The summed E-state index contributed by atoms with van der Waals surface area (Å²) < 4.78 is 31.1. The van der Waals surface area contributed by atoms with Crippen molar-refractivity contribution >= 4 is 29.4 Å². The number of esters is 2. The summed E-state index contributed by atoms with van der Waals surface area (Å²) in [5.41, 5.74) is -4.67. The molecule has 2 amide bonds. The van der Waals surface area contributed by atoms with Gasteiger partial charge >= 0.3 is 11.9 Å². The van der Waals surface area contributed by atoms with Gasteiger partial charge in [0, 0.05) is 82.1 Å². The first-order valence-electron chi connectivity index (χ1n) is 18.4. The standard InChI is InChI=1S/C38H50N2O11/c1-7-39-17-35(18-50-33(44)21-10-8-9-11-24(21)40-27(42)14-19(2)32(40)43)13-12-26(47-4)37-23-15-22-25(51-20(3)41)16-36(45,28(23)29(22)48-5)38(46,34(37)39)31(49-6)30(35)37/h8-11,19,22-23,25-26,28-31,34,45-46H,7,12-18H2,1-6H3/t19-,22+,23+,25-,26-,28+,29-,30+,31-,34?,35-,36+,37-,38+/m0/s1. The molecule has 2 N–H and O–H groups in total. The van der Waals surface area contributed by atoms with Gasteiger partial charge in [0.05, 0.1) is 42.2 Å². The summed E-state index contributed by atoms with van der Waals surface area (Å²) in [5, 5.41) is 26.7. The van der Waals surface area contributed by atoms with E-state index in [1.807, 2.05) is 6.92 Å². The third kappa shape index (κ3) is 4.19. The van der Waals surface area contributed by atoms with Crippen molar-refractivity contribution in [2.75, 3.05) is 45.9 Å². The second-order valence-corrected chi connectivity index (χ2v) is 16.3. The first kappa shape index (κ1) is 35.1. The van der Waals surface area contributed by atoms with Crippen LogP contribution in [0, 0.1) is 40.4 Å². The Kier molecular flexibility index (Phi) is 8.11. The van der Waals surface area contributed by atoms with Crippen LogP contribution in [0.25, 0.3) is 0 Å². The number of hydrogen-bond acceptors (Lipinski definition) is 12. The van der Waals surface area contributed by atoms with Crippen LogP contribution in [0.2, 0.25) is 0 Å². The molecule has 0 aromatic heterocycles. The van der Waals surface area contributed by atoms with E-state index in [9.17, 15) is 29.4 Å². The molecule has 7 fully saturated rings. The number of benzene rings is 1.